The van der Waals surface area contributed by atoms with E-state index in [1.165, 1.54) is 19.3 Å². The molecule has 19 heavy (non-hydrogen) atoms. The van der Waals surface area contributed by atoms with Crippen molar-refractivity contribution >= 4 is 5.78 Å². The van der Waals surface area contributed by atoms with Gasteiger partial charge in [0.15, 0.2) is 0 Å². The van der Waals surface area contributed by atoms with Crippen molar-refractivity contribution in [3.63, 3.8) is 0 Å². The van der Waals surface area contributed by atoms with Gasteiger partial charge in [-0.2, -0.15) is 13.2 Å². The highest BCUT2D eigenvalue weighted by molar-refractivity contribution is 5.81. The predicted molar refractivity (Wildman–Crippen MR) is 69.9 cm³/mol. The molecule has 0 aliphatic heterocycles. The molecule has 0 atom stereocenters. The molecule has 1 aliphatic carbocycles. The zero-order valence-electron chi connectivity index (χ0n) is 11.8. The maximum atomic E-state index is 12.0. The Morgan fingerprint density at radius 1 is 1.11 bits per heavy atom. The molecule has 1 fully saturated rings. The fraction of sp³-hybridized carbons (Fsp3) is 0.933. The lowest BCUT2D eigenvalue weighted by Gasteiger charge is -2.27. The third kappa shape index (κ3) is 6.98. The van der Waals surface area contributed by atoms with Gasteiger partial charge in [0, 0.05) is 18.8 Å². The van der Waals surface area contributed by atoms with Gasteiger partial charge in [0.1, 0.15) is 5.78 Å². The summed E-state index contributed by atoms with van der Waals surface area (Å²) < 4.78 is 36.0. The first kappa shape index (κ1) is 16.5. The van der Waals surface area contributed by atoms with Crippen LogP contribution in [0, 0.1) is 11.8 Å². The van der Waals surface area contributed by atoms with Crippen molar-refractivity contribution in [1.29, 1.82) is 0 Å². The molecule has 0 N–H and O–H groups in total. The van der Waals surface area contributed by atoms with Gasteiger partial charge in [-0.25, -0.2) is 0 Å². The number of carbonyl (C=O) groups excluding carboxylic acids is 1. The molecule has 0 bridgehead atoms. The Hall–Kier alpha value is -0.540. The van der Waals surface area contributed by atoms with Crippen molar-refractivity contribution in [3.8, 4) is 0 Å². The number of Topliss-reactive ketones (excluding diaryl/α,β-unsaturated/α-hetero) is 1. The second-order valence-corrected chi connectivity index (χ2v) is 5.79. The number of hydrogen-bond donors (Lipinski definition) is 0. The van der Waals surface area contributed by atoms with Crippen LogP contribution in [0.15, 0.2) is 0 Å². The molecule has 112 valence electrons. The highest BCUT2D eigenvalue weighted by Gasteiger charge is 2.29. The van der Waals surface area contributed by atoms with E-state index in [1.54, 1.807) is 0 Å². The topological polar surface area (TPSA) is 17.1 Å². The van der Waals surface area contributed by atoms with Crippen LogP contribution in [0.25, 0.3) is 0 Å². The molecule has 0 radical (unpaired) electrons. The van der Waals surface area contributed by atoms with E-state index in [4.69, 9.17) is 0 Å². The number of ketones is 1. The number of carbonyl (C=O) groups is 1. The van der Waals surface area contributed by atoms with E-state index >= 15 is 0 Å². The summed E-state index contributed by atoms with van der Waals surface area (Å²) in [5, 5.41) is 0. The Bertz CT molecular complexity index is 265. The average molecular weight is 278 g/mol. The molecule has 0 heterocycles. The number of hydrogen-bond acceptors (Lipinski definition) is 1. The molecule has 4 heteroatoms. The minimum absolute atomic E-state index is 0.0334. The molecule has 1 rings (SSSR count). The van der Waals surface area contributed by atoms with Gasteiger partial charge in [0.2, 0.25) is 0 Å². The molecular formula is C15H25F3O. The lowest BCUT2D eigenvalue weighted by atomic mass is 9.77. The fourth-order valence-corrected chi connectivity index (χ4v) is 2.93. The van der Waals surface area contributed by atoms with E-state index in [0.717, 1.165) is 31.6 Å². The largest absolute Gasteiger partial charge is 0.389 e. The van der Waals surface area contributed by atoms with Crippen LogP contribution in [0.5, 0.6) is 0 Å². The summed E-state index contributed by atoms with van der Waals surface area (Å²) in [6, 6.07) is 0. The van der Waals surface area contributed by atoms with Gasteiger partial charge >= 0.3 is 6.18 Å². The lowest BCUT2D eigenvalue weighted by molar-refractivity contribution is -0.137. The van der Waals surface area contributed by atoms with Gasteiger partial charge in [-0.05, 0) is 38.0 Å². The minimum Gasteiger partial charge on any atom is -0.299 e. The second kappa shape index (κ2) is 7.91. The van der Waals surface area contributed by atoms with Crippen LogP contribution in [0.2, 0.25) is 0 Å². The van der Waals surface area contributed by atoms with Crippen molar-refractivity contribution in [3.05, 3.63) is 0 Å². The molecule has 1 saturated carbocycles. The van der Waals surface area contributed by atoms with E-state index in [-0.39, 0.29) is 24.5 Å². The third-order valence-corrected chi connectivity index (χ3v) is 4.15. The highest BCUT2D eigenvalue weighted by Crippen LogP contribution is 2.33. The molecule has 0 amide bonds. The first-order valence-corrected chi connectivity index (χ1v) is 7.52. The molecule has 0 unspecified atom stereocenters. The molecule has 0 spiro atoms. The molecule has 0 aromatic carbocycles. The molecule has 1 aliphatic rings. The maximum absolute atomic E-state index is 12.0. The molecule has 0 aromatic heterocycles. The van der Waals surface area contributed by atoms with Crippen molar-refractivity contribution in [2.24, 2.45) is 11.8 Å². The van der Waals surface area contributed by atoms with Crippen LogP contribution >= 0.6 is 0 Å². The standard InChI is InChI=1S/C15H25F3O/c1-2-3-5-12-7-9-13(10-8-12)14(19)6-4-11-15(16,17)18/h12-13H,2-11H2,1H3. The summed E-state index contributed by atoms with van der Waals surface area (Å²) in [5.41, 5.74) is 0. The van der Waals surface area contributed by atoms with E-state index in [9.17, 15) is 18.0 Å². The normalized spacial score (nSPS) is 24.4. The van der Waals surface area contributed by atoms with Crippen molar-refractivity contribution in [1.82, 2.24) is 0 Å². The Morgan fingerprint density at radius 2 is 1.74 bits per heavy atom. The number of halogens is 3. The Morgan fingerprint density at radius 3 is 2.26 bits per heavy atom. The van der Waals surface area contributed by atoms with Crippen LogP contribution in [0.3, 0.4) is 0 Å². The van der Waals surface area contributed by atoms with Crippen molar-refractivity contribution in [2.45, 2.75) is 77.3 Å². The second-order valence-electron chi connectivity index (χ2n) is 5.79. The number of alkyl halides is 3. The molecule has 0 saturated heterocycles. The van der Waals surface area contributed by atoms with E-state index in [0.29, 0.717) is 0 Å². The SMILES string of the molecule is CCCCC1CCC(C(=O)CCCC(F)(F)F)CC1. The van der Waals surface area contributed by atoms with Crippen LogP contribution in [-0.2, 0) is 4.79 Å². The van der Waals surface area contributed by atoms with Gasteiger partial charge in [-0.15, -0.1) is 0 Å². The summed E-state index contributed by atoms with van der Waals surface area (Å²) in [4.78, 5) is 11.8. The molecule has 0 aromatic rings. The van der Waals surface area contributed by atoms with Crippen LogP contribution in [0.1, 0.15) is 71.1 Å². The van der Waals surface area contributed by atoms with Gasteiger partial charge < -0.3 is 0 Å². The van der Waals surface area contributed by atoms with Gasteiger partial charge in [-0.1, -0.05) is 26.2 Å². The molecule has 1 nitrogen and oxygen atoms in total. The predicted octanol–water partition coefficient (Wildman–Crippen LogP) is 5.28. The first-order valence-electron chi connectivity index (χ1n) is 7.52. The highest BCUT2D eigenvalue weighted by atomic mass is 19.4. The monoisotopic (exact) mass is 278 g/mol. The van der Waals surface area contributed by atoms with Gasteiger partial charge in [0.05, 0.1) is 0 Å². The Kier molecular flexibility index (Phi) is 6.87. The van der Waals surface area contributed by atoms with Crippen LogP contribution in [0.4, 0.5) is 13.2 Å². The lowest BCUT2D eigenvalue weighted by Crippen LogP contribution is -2.22. The first-order chi connectivity index (χ1) is 8.92. The number of unbranched alkanes of at least 4 members (excludes halogenated alkanes) is 1. The van der Waals surface area contributed by atoms with E-state index in [2.05, 4.69) is 6.92 Å². The summed E-state index contributed by atoms with van der Waals surface area (Å²) in [6.45, 7) is 2.18. The summed E-state index contributed by atoms with van der Waals surface area (Å²) in [5.74, 6) is 0.823. The van der Waals surface area contributed by atoms with Gasteiger partial charge in [0.25, 0.3) is 0 Å². The quantitative estimate of drug-likeness (QED) is 0.618. The van der Waals surface area contributed by atoms with Crippen LogP contribution < -0.4 is 0 Å². The Balaban J connectivity index is 2.18. The number of rotatable bonds is 7. The smallest absolute Gasteiger partial charge is 0.299 e. The van der Waals surface area contributed by atoms with Crippen molar-refractivity contribution in [2.75, 3.05) is 0 Å². The average Bonchev–Trinajstić information content (AvgIpc) is 2.35. The van der Waals surface area contributed by atoms with E-state index < -0.39 is 12.6 Å². The summed E-state index contributed by atoms with van der Waals surface area (Å²) in [6.07, 6.45) is 2.73. The zero-order valence-corrected chi connectivity index (χ0v) is 11.8. The van der Waals surface area contributed by atoms with Gasteiger partial charge in [-0.3, -0.25) is 4.79 Å². The third-order valence-electron chi connectivity index (χ3n) is 4.15. The van der Waals surface area contributed by atoms with E-state index in [1.807, 2.05) is 0 Å². The fourth-order valence-electron chi connectivity index (χ4n) is 2.93. The maximum Gasteiger partial charge on any atom is 0.389 e. The minimum atomic E-state index is -4.13. The zero-order chi connectivity index (χ0) is 14.3. The summed E-state index contributed by atoms with van der Waals surface area (Å²) >= 11 is 0. The molecular weight excluding hydrogens is 253 g/mol. The summed E-state index contributed by atoms with van der Waals surface area (Å²) in [7, 11) is 0. The Labute approximate surface area is 114 Å². The van der Waals surface area contributed by atoms with Crippen LogP contribution in [-0.4, -0.2) is 12.0 Å². The van der Waals surface area contributed by atoms with Crippen molar-refractivity contribution < 1.29 is 18.0 Å².